The van der Waals surface area contributed by atoms with Crippen LogP contribution in [0.5, 0.6) is 0 Å². The highest BCUT2D eigenvalue weighted by Gasteiger charge is 2.14. The Kier molecular flexibility index (Phi) is 3.93. The molecule has 0 N–H and O–H groups in total. The van der Waals surface area contributed by atoms with Gasteiger partial charge in [0.2, 0.25) is 0 Å². The molecule has 0 aromatic heterocycles. The number of thioether (sulfide) groups is 1. The summed E-state index contributed by atoms with van der Waals surface area (Å²) in [5, 5.41) is 0. The van der Waals surface area contributed by atoms with E-state index in [1.807, 2.05) is 36.6 Å². The Balaban J connectivity index is 1.89. The van der Waals surface area contributed by atoms with Crippen LogP contribution in [0.25, 0.3) is 0 Å². The summed E-state index contributed by atoms with van der Waals surface area (Å²) in [5.74, 6) is 0.131. The highest BCUT2D eigenvalue weighted by molar-refractivity contribution is 7.98. The van der Waals surface area contributed by atoms with Gasteiger partial charge in [-0.05, 0) is 73.4 Å². The smallest absolute Gasteiger partial charge is 0.193 e. The Hall–Kier alpha value is -1.54. The lowest BCUT2D eigenvalue weighted by atomic mass is 9.89. The fourth-order valence-electron chi connectivity index (χ4n) is 2.78. The van der Waals surface area contributed by atoms with Crippen LogP contribution in [0.3, 0.4) is 0 Å². The third-order valence-electron chi connectivity index (χ3n) is 3.96. The Morgan fingerprint density at radius 1 is 0.900 bits per heavy atom. The van der Waals surface area contributed by atoms with Crippen LogP contribution in [-0.2, 0) is 12.8 Å². The van der Waals surface area contributed by atoms with E-state index in [9.17, 15) is 4.79 Å². The number of carbonyl (C=O) groups is 1. The lowest BCUT2D eigenvalue weighted by Gasteiger charge is -2.16. The number of hydrogen-bond acceptors (Lipinski definition) is 2. The van der Waals surface area contributed by atoms with Gasteiger partial charge in [-0.2, -0.15) is 0 Å². The van der Waals surface area contributed by atoms with Gasteiger partial charge in [-0.3, -0.25) is 4.79 Å². The number of hydrogen-bond donors (Lipinski definition) is 0. The molecular formula is C18H18OS. The summed E-state index contributed by atoms with van der Waals surface area (Å²) in [6.45, 7) is 0. The van der Waals surface area contributed by atoms with Gasteiger partial charge in [0.1, 0.15) is 0 Å². The van der Waals surface area contributed by atoms with Crippen LogP contribution < -0.4 is 0 Å². The van der Waals surface area contributed by atoms with Gasteiger partial charge in [-0.1, -0.05) is 12.1 Å². The molecule has 0 amide bonds. The summed E-state index contributed by atoms with van der Waals surface area (Å²) in [6, 6.07) is 14.1. The van der Waals surface area contributed by atoms with Crippen molar-refractivity contribution < 1.29 is 4.79 Å². The summed E-state index contributed by atoms with van der Waals surface area (Å²) >= 11 is 1.69. The molecule has 0 aliphatic heterocycles. The highest BCUT2D eigenvalue weighted by Crippen LogP contribution is 2.24. The third-order valence-corrected chi connectivity index (χ3v) is 4.71. The van der Waals surface area contributed by atoms with Crippen molar-refractivity contribution in [3.05, 3.63) is 64.7 Å². The Labute approximate surface area is 124 Å². The first-order chi connectivity index (χ1) is 9.78. The molecule has 0 atom stereocenters. The molecule has 3 rings (SSSR count). The molecule has 1 aliphatic carbocycles. The second-order valence-electron chi connectivity index (χ2n) is 5.25. The summed E-state index contributed by atoms with van der Waals surface area (Å²) in [5.41, 5.74) is 4.38. The van der Waals surface area contributed by atoms with Crippen LogP contribution >= 0.6 is 11.8 Å². The molecule has 0 bridgehead atoms. The molecular weight excluding hydrogens is 264 g/mol. The van der Waals surface area contributed by atoms with Crippen molar-refractivity contribution in [2.45, 2.75) is 30.6 Å². The fourth-order valence-corrected chi connectivity index (χ4v) is 3.19. The summed E-state index contributed by atoms with van der Waals surface area (Å²) in [7, 11) is 0. The number of ketones is 1. The molecule has 0 unspecified atom stereocenters. The van der Waals surface area contributed by atoms with Gasteiger partial charge >= 0.3 is 0 Å². The number of aryl methyl sites for hydroxylation is 2. The van der Waals surface area contributed by atoms with Crippen LogP contribution in [0.2, 0.25) is 0 Å². The van der Waals surface area contributed by atoms with E-state index < -0.39 is 0 Å². The quantitative estimate of drug-likeness (QED) is 0.608. The molecule has 0 fully saturated rings. The normalized spacial score (nSPS) is 13.8. The van der Waals surface area contributed by atoms with E-state index in [4.69, 9.17) is 0 Å². The molecule has 0 saturated heterocycles. The van der Waals surface area contributed by atoms with Crippen LogP contribution in [0, 0.1) is 0 Å². The molecule has 20 heavy (non-hydrogen) atoms. The molecule has 0 radical (unpaired) electrons. The Bertz CT molecular complexity index is 628. The van der Waals surface area contributed by atoms with Crippen LogP contribution in [-0.4, -0.2) is 12.0 Å². The largest absolute Gasteiger partial charge is 0.289 e. The molecule has 2 aromatic rings. The minimum atomic E-state index is 0.131. The first-order valence-corrected chi connectivity index (χ1v) is 8.31. The maximum Gasteiger partial charge on any atom is 0.193 e. The van der Waals surface area contributed by atoms with Crippen LogP contribution in [0.1, 0.15) is 39.9 Å². The summed E-state index contributed by atoms with van der Waals surface area (Å²) in [6.07, 6.45) is 6.83. The zero-order valence-corrected chi connectivity index (χ0v) is 12.5. The first-order valence-electron chi connectivity index (χ1n) is 7.08. The van der Waals surface area contributed by atoms with E-state index in [0.29, 0.717) is 0 Å². The van der Waals surface area contributed by atoms with Gasteiger partial charge in [0.05, 0.1) is 0 Å². The van der Waals surface area contributed by atoms with E-state index in [2.05, 4.69) is 12.1 Å². The van der Waals surface area contributed by atoms with Gasteiger partial charge in [-0.25, -0.2) is 0 Å². The number of fused-ring (bicyclic) bond motifs is 1. The predicted octanol–water partition coefficient (Wildman–Crippen LogP) is 4.52. The lowest BCUT2D eigenvalue weighted by Crippen LogP contribution is -2.07. The van der Waals surface area contributed by atoms with Crippen molar-refractivity contribution in [3.8, 4) is 0 Å². The van der Waals surface area contributed by atoms with Crippen molar-refractivity contribution in [1.82, 2.24) is 0 Å². The maximum absolute atomic E-state index is 12.5. The molecule has 0 heterocycles. The molecule has 1 nitrogen and oxygen atoms in total. The van der Waals surface area contributed by atoms with Crippen molar-refractivity contribution in [3.63, 3.8) is 0 Å². The predicted molar refractivity (Wildman–Crippen MR) is 84.7 cm³/mol. The molecule has 2 heteroatoms. The summed E-state index contributed by atoms with van der Waals surface area (Å²) < 4.78 is 0. The Morgan fingerprint density at radius 3 is 2.25 bits per heavy atom. The van der Waals surface area contributed by atoms with E-state index in [0.717, 1.165) is 24.0 Å². The lowest BCUT2D eigenvalue weighted by molar-refractivity contribution is 0.103. The molecule has 1 aliphatic rings. The van der Waals surface area contributed by atoms with Gasteiger partial charge in [0.15, 0.2) is 5.78 Å². The second kappa shape index (κ2) is 5.84. The van der Waals surface area contributed by atoms with Gasteiger partial charge in [0.25, 0.3) is 0 Å². The van der Waals surface area contributed by atoms with E-state index in [-0.39, 0.29) is 5.78 Å². The van der Waals surface area contributed by atoms with Crippen LogP contribution in [0.15, 0.2) is 47.4 Å². The zero-order chi connectivity index (χ0) is 13.9. The van der Waals surface area contributed by atoms with Crippen molar-refractivity contribution >= 4 is 17.5 Å². The van der Waals surface area contributed by atoms with E-state index >= 15 is 0 Å². The zero-order valence-electron chi connectivity index (χ0n) is 11.7. The topological polar surface area (TPSA) is 17.1 Å². The highest BCUT2D eigenvalue weighted by atomic mass is 32.2. The Morgan fingerprint density at radius 2 is 1.55 bits per heavy atom. The SMILES string of the molecule is CSc1ccc(C(=O)c2ccc3c(c2)CCCC3)cc1. The summed E-state index contributed by atoms with van der Waals surface area (Å²) in [4.78, 5) is 13.7. The average molecular weight is 282 g/mol. The number of benzene rings is 2. The van der Waals surface area contributed by atoms with Crippen molar-refractivity contribution in [1.29, 1.82) is 0 Å². The van der Waals surface area contributed by atoms with Gasteiger partial charge < -0.3 is 0 Å². The van der Waals surface area contributed by atoms with E-state index in [1.54, 1.807) is 11.8 Å². The average Bonchev–Trinajstić information content (AvgIpc) is 2.54. The molecule has 2 aromatic carbocycles. The monoisotopic (exact) mass is 282 g/mol. The van der Waals surface area contributed by atoms with Gasteiger partial charge in [0, 0.05) is 16.0 Å². The first kappa shape index (κ1) is 13.4. The number of carbonyl (C=O) groups excluding carboxylic acids is 1. The minimum Gasteiger partial charge on any atom is -0.289 e. The van der Waals surface area contributed by atoms with Gasteiger partial charge in [-0.15, -0.1) is 11.8 Å². The second-order valence-corrected chi connectivity index (χ2v) is 6.13. The third kappa shape index (κ3) is 2.66. The fraction of sp³-hybridized carbons (Fsp3) is 0.278. The van der Waals surface area contributed by atoms with Crippen molar-refractivity contribution in [2.75, 3.05) is 6.26 Å². The van der Waals surface area contributed by atoms with E-state index in [1.165, 1.54) is 28.9 Å². The molecule has 0 spiro atoms. The number of rotatable bonds is 3. The standard InChI is InChI=1S/C18H18OS/c1-20-17-10-8-14(9-11-17)18(19)16-7-6-13-4-2-3-5-15(13)12-16/h6-12H,2-5H2,1H3. The minimum absolute atomic E-state index is 0.131. The molecule has 0 saturated carbocycles. The van der Waals surface area contributed by atoms with Crippen LogP contribution in [0.4, 0.5) is 0 Å². The maximum atomic E-state index is 12.5. The van der Waals surface area contributed by atoms with Crippen molar-refractivity contribution in [2.24, 2.45) is 0 Å². The molecule has 102 valence electrons.